The average Bonchev–Trinajstić information content (AvgIpc) is 3.60. The Bertz CT molecular complexity index is 1370. The van der Waals surface area contributed by atoms with E-state index in [1.807, 2.05) is 18.2 Å². The molecule has 1 N–H and O–H groups in total. The van der Waals surface area contributed by atoms with Gasteiger partial charge in [-0.3, -0.25) is 0 Å². The number of H-pyrrole nitrogens is 1. The first-order valence-electron chi connectivity index (χ1n) is 13.1. The van der Waals surface area contributed by atoms with Crippen molar-refractivity contribution in [3.05, 3.63) is 65.1 Å². The van der Waals surface area contributed by atoms with Gasteiger partial charge in [0.15, 0.2) is 5.15 Å². The molecule has 2 aromatic carbocycles. The normalized spacial score (nSPS) is 15.6. The second-order valence-electron chi connectivity index (χ2n) is 9.54. The maximum Gasteiger partial charge on any atom is 0.328 e. The first kappa shape index (κ1) is 25.9. The van der Waals surface area contributed by atoms with Crippen molar-refractivity contribution in [2.45, 2.75) is 58.0 Å². The minimum Gasteiger partial charge on any atom is -0.467 e. The van der Waals surface area contributed by atoms with E-state index in [-0.39, 0.29) is 12.0 Å². The quantitative estimate of drug-likeness (QED) is 0.291. The number of methoxy groups -OCH3 is 1. The van der Waals surface area contributed by atoms with Crippen molar-refractivity contribution < 1.29 is 9.53 Å². The summed E-state index contributed by atoms with van der Waals surface area (Å²) in [6.07, 6.45) is 5.61. The number of benzene rings is 2. The number of carbonyl (C=O) groups is 1. The Morgan fingerprint density at radius 3 is 2.63 bits per heavy atom. The van der Waals surface area contributed by atoms with Gasteiger partial charge in [0, 0.05) is 18.5 Å². The van der Waals surface area contributed by atoms with E-state index in [4.69, 9.17) is 21.3 Å². The number of aromatic amines is 1. The summed E-state index contributed by atoms with van der Waals surface area (Å²) in [5, 5.41) is 15.0. The molecule has 3 heterocycles. The van der Waals surface area contributed by atoms with Crippen molar-refractivity contribution in [2.24, 2.45) is 0 Å². The van der Waals surface area contributed by atoms with Gasteiger partial charge in [-0.1, -0.05) is 73.5 Å². The zero-order valence-corrected chi connectivity index (χ0v) is 22.5. The summed E-state index contributed by atoms with van der Waals surface area (Å²) < 4.78 is 7.32. The third kappa shape index (κ3) is 5.29. The number of halogens is 1. The van der Waals surface area contributed by atoms with Gasteiger partial charge in [-0.25, -0.2) is 9.78 Å². The predicted molar refractivity (Wildman–Crippen MR) is 147 cm³/mol. The number of ether oxygens (including phenoxy) is 1. The van der Waals surface area contributed by atoms with Crippen molar-refractivity contribution in [2.75, 3.05) is 18.6 Å². The standard InChI is InChI=1S/C28H32ClN7O2/c1-3-4-12-24-30-25(29)27(35-17-8-7-11-23(35)28(37)38-2)36(24)18-19-13-15-20(16-14-19)21-9-5-6-10-22(21)26-31-33-34-32-26/h5-6,9-10,13-16,23H,3-4,7-8,11-12,17-18H2,1-2H3,(H,31,32,33,34)/t23-/m1/s1. The number of piperidine rings is 1. The predicted octanol–water partition coefficient (Wildman–Crippen LogP) is 5.31. The van der Waals surface area contributed by atoms with Crippen LogP contribution < -0.4 is 4.90 Å². The number of tetrazole rings is 1. The Kier molecular flexibility index (Phi) is 8.03. The highest BCUT2D eigenvalue weighted by molar-refractivity contribution is 6.32. The first-order chi connectivity index (χ1) is 18.6. The van der Waals surface area contributed by atoms with Gasteiger partial charge < -0.3 is 14.2 Å². The van der Waals surface area contributed by atoms with Crippen LogP contribution in [0.15, 0.2) is 48.5 Å². The number of nitrogens with zero attached hydrogens (tertiary/aromatic N) is 6. The van der Waals surface area contributed by atoms with Crippen LogP contribution in [0.5, 0.6) is 0 Å². The molecule has 0 bridgehead atoms. The molecule has 198 valence electrons. The van der Waals surface area contributed by atoms with E-state index >= 15 is 0 Å². The van der Waals surface area contributed by atoms with Gasteiger partial charge in [0.25, 0.3) is 0 Å². The summed E-state index contributed by atoms with van der Waals surface area (Å²) in [6, 6.07) is 16.1. The minimum atomic E-state index is -0.357. The number of hydrogen-bond donors (Lipinski definition) is 1. The number of hydrogen-bond acceptors (Lipinski definition) is 7. The number of aromatic nitrogens is 6. The SMILES string of the molecule is CCCCc1nc(Cl)c(N2CCCC[C@@H]2C(=O)OC)n1Cc1ccc(-c2ccccc2-c2nn[nH]n2)cc1. The highest BCUT2D eigenvalue weighted by Crippen LogP contribution is 2.35. The van der Waals surface area contributed by atoms with E-state index < -0.39 is 0 Å². The van der Waals surface area contributed by atoms with Crippen LogP contribution in [-0.4, -0.2) is 55.8 Å². The van der Waals surface area contributed by atoms with Crippen LogP contribution in [-0.2, 0) is 22.5 Å². The lowest BCUT2D eigenvalue weighted by molar-refractivity contribution is -0.142. The molecule has 1 aliphatic rings. The number of carbonyl (C=O) groups excluding carboxylic acids is 1. The fraction of sp³-hybridized carbons (Fsp3) is 0.393. The second-order valence-corrected chi connectivity index (χ2v) is 9.90. The first-order valence-corrected chi connectivity index (χ1v) is 13.5. The second kappa shape index (κ2) is 11.8. The molecule has 0 aliphatic carbocycles. The van der Waals surface area contributed by atoms with Gasteiger partial charge in [-0.05, 0) is 47.6 Å². The number of unbranched alkanes of at least 4 members (excludes halogenated alkanes) is 1. The lowest BCUT2D eigenvalue weighted by atomic mass is 9.98. The molecule has 0 saturated carbocycles. The third-order valence-electron chi connectivity index (χ3n) is 7.10. The topological polar surface area (TPSA) is 102 Å². The Morgan fingerprint density at radius 2 is 1.92 bits per heavy atom. The van der Waals surface area contributed by atoms with E-state index in [1.54, 1.807) is 0 Å². The molecule has 1 atom stereocenters. The van der Waals surface area contributed by atoms with Crippen molar-refractivity contribution in [1.29, 1.82) is 0 Å². The van der Waals surface area contributed by atoms with E-state index in [0.29, 0.717) is 17.5 Å². The van der Waals surface area contributed by atoms with Crippen LogP contribution in [0.3, 0.4) is 0 Å². The Hall–Kier alpha value is -3.72. The van der Waals surface area contributed by atoms with E-state index in [1.165, 1.54) is 7.11 Å². The van der Waals surface area contributed by atoms with Crippen LogP contribution in [0, 0.1) is 0 Å². The zero-order valence-electron chi connectivity index (χ0n) is 21.7. The van der Waals surface area contributed by atoms with Crippen molar-refractivity contribution in [3.8, 4) is 22.5 Å². The molecule has 9 nitrogen and oxygen atoms in total. The zero-order chi connectivity index (χ0) is 26.5. The Labute approximate surface area is 227 Å². The van der Waals surface area contributed by atoms with E-state index in [9.17, 15) is 4.79 Å². The molecule has 4 aromatic rings. The number of aryl methyl sites for hydroxylation is 1. The summed E-state index contributed by atoms with van der Waals surface area (Å²) in [5.74, 6) is 2.07. The molecule has 1 fully saturated rings. The monoisotopic (exact) mass is 533 g/mol. The lowest BCUT2D eigenvalue weighted by Crippen LogP contribution is -2.46. The molecule has 2 aromatic heterocycles. The average molecular weight is 534 g/mol. The fourth-order valence-corrected chi connectivity index (χ4v) is 5.48. The van der Waals surface area contributed by atoms with Gasteiger partial charge in [-0.15, -0.1) is 10.2 Å². The van der Waals surface area contributed by atoms with Crippen molar-refractivity contribution in [1.82, 2.24) is 30.2 Å². The molecule has 0 unspecified atom stereocenters. The number of nitrogens with one attached hydrogen (secondary N) is 1. The highest BCUT2D eigenvalue weighted by atomic mass is 35.5. The summed E-state index contributed by atoms with van der Waals surface area (Å²) in [5.41, 5.74) is 4.12. The Morgan fingerprint density at radius 1 is 1.13 bits per heavy atom. The van der Waals surface area contributed by atoms with Crippen LogP contribution in [0.2, 0.25) is 5.15 Å². The molecule has 38 heavy (non-hydrogen) atoms. The molecule has 0 spiro atoms. The van der Waals surface area contributed by atoms with Crippen molar-refractivity contribution >= 4 is 23.4 Å². The number of esters is 1. The lowest BCUT2D eigenvalue weighted by Gasteiger charge is -2.36. The number of anilines is 1. The van der Waals surface area contributed by atoms with Gasteiger partial charge in [0.2, 0.25) is 5.82 Å². The van der Waals surface area contributed by atoms with Crippen LogP contribution >= 0.6 is 11.6 Å². The molecule has 1 aliphatic heterocycles. The maximum atomic E-state index is 12.6. The molecule has 10 heteroatoms. The van der Waals surface area contributed by atoms with E-state index in [0.717, 1.165) is 79.0 Å². The van der Waals surface area contributed by atoms with Crippen LogP contribution in [0.1, 0.15) is 50.4 Å². The minimum absolute atomic E-state index is 0.228. The molecule has 0 amide bonds. The third-order valence-corrected chi connectivity index (χ3v) is 7.35. The smallest absolute Gasteiger partial charge is 0.328 e. The Balaban J connectivity index is 1.48. The largest absolute Gasteiger partial charge is 0.467 e. The number of rotatable bonds is 9. The van der Waals surface area contributed by atoms with Crippen molar-refractivity contribution in [3.63, 3.8) is 0 Å². The fourth-order valence-electron chi connectivity index (χ4n) is 5.17. The van der Waals surface area contributed by atoms with Gasteiger partial charge in [0.1, 0.15) is 17.7 Å². The maximum absolute atomic E-state index is 12.6. The molecular formula is C28H32ClN7O2. The molecular weight excluding hydrogens is 502 g/mol. The van der Waals surface area contributed by atoms with Gasteiger partial charge in [0.05, 0.1) is 13.7 Å². The summed E-state index contributed by atoms with van der Waals surface area (Å²) in [6.45, 7) is 3.51. The summed E-state index contributed by atoms with van der Waals surface area (Å²) >= 11 is 6.77. The van der Waals surface area contributed by atoms with Crippen LogP contribution in [0.4, 0.5) is 5.82 Å². The summed E-state index contributed by atoms with van der Waals surface area (Å²) in [4.78, 5) is 19.5. The summed E-state index contributed by atoms with van der Waals surface area (Å²) in [7, 11) is 1.44. The molecule has 0 radical (unpaired) electrons. The van der Waals surface area contributed by atoms with Gasteiger partial charge in [-0.2, -0.15) is 5.21 Å². The molecule has 1 saturated heterocycles. The van der Waals surface area contributed by atoms with E-state index in [2.05, 4.69) is 67.3 Å². The van der Waals surface area contributed by atoms with Gasteiger partial charge >= 0.3 is 5.97 Å². The molecule has 5 rings (SSSR count). The highest BCUT2D eigenvalue weighted by Gasteiger charge is 2.34. The number of imidazole rings is 1. The van der Waals surface area contributed by atoms with Crippen LogP contribution in [0.25, 0.3) is 22.5 Å².